The minimum absolute atomic E-state index is 0.0527. The summed E-state index contributed by atoms with van der Waals surface area (Å²) in [6, 6.07) is 12.5. The first-order valence-electron chi connectivity index (χ1n) is 7.56. The van der Waals surface area contributed by atoms with Crippen LogP contribution in [0.15, 0.2) is 42.5 Å². The summed E-state index contributed by atoms with van der Waals surface area (Å²) in [7, 11) is 0. The highest BCUT2D eigenvalue weighted by Crippen LogP contribution is 2.27. The van der Waals surface area contributed by atoms with Gasteiger partial charge in [-0.2, -0.15) is 0 Å². The van der Waals surface area contributed by atoms with Crippen molar-refractivity contribution in [3.63, 3.8) is 0 Å². The van der Waals surface area contributed by atoms with Gasteiger partial charge in [-0.25, -0.2) is 0 Å². The van der Waals surface area contributed by atoms with E-state index in [1.165, 1.54) is 0 Å². The van der Waals surface area contributed by atoms with E-state index >= 15 is 0 Å². The minimum Gasteiger partial charge on any atom is -0.326 e. The van der Waals surface area contributed by atoms with Gasteiger partial charge in [-0.3, -0.25) is 9.59 Å². The number of nitrogens with zero attached hydrogens (tertiary/aromatic N) is 1. The molecule has 2 aromatic carbocycles. The molecule has 2 amide bonds. The summed E-state index contributed by atoms with van der Waals surface area (Å²) in [5.74, 6) is -0.670. The molecule has 124 valence electrons. The van der Waals surface area contributed by atoms with Crippen LogP contribution >= 0.6 is 23.2 Å². The van der Waals surface area contributed by atoms with Crippen molar-refractivity contribution in [3.8, 4) is 0 Å². The second-order valence-electron chi connectivity index (χ2n) is 5.89. The van der Waals surface area contributed by atoms with Crippen molar-refractivity contribution in [3.05, 3.63) is 58.1 Å². The Morgan fingerprint density at radius 2 is 1.75 bits per heavy atom. The number of carbonyl (C=O) groups is 2. The number of halogens is 2. The van der Waals surface area contributed by atoms with Crippen LogP contribution in [0.2, 0.25) is 10.0 Å². The molecule has 0 saturated carbocycles. The van der Waals surface area contributed by atoms with Crippen LogP contribution in [-0.2, 0) is 9.59 Å². The molecule has 1 unspecified atom stereocenters. The first kappa shape index (κ1) is 16.8. The molecule has 1 fully saturated rings. The summed E-state index contributed by atoms with van der Waals surface area (Å²) >= 11 is 11.9. The van der Waals surface area contributed by atoms with Crippen LogP contribution in [0.3, 0.4) is 0 Å². The molecule has 1 heterocycles. The fourth-order valence-electron chi connectivity index (χ4n) is 2.73. The Morgan fingerprint density at radius 1 is 1.12 bits per heavy atom. The van der Waals surface area contributed by atoms with Gasteiger partial charge in [0.2, 0.25) is 11.8 Å². The Hall–Kier alpha value is -2.04. The van der Waals surface area contributed by atoms with Crippen LogP contribution < -0.4 is 10.2 Å². The van der Waals surface area contributed by atoms with Crippen molar-refractivity contribution in [2.45, 2.75) is 13.3 Å². The van der Waals surface area contributed by atoms with Crippen molar-refractivity contribution in [2.75, 3.05) is 16.8 Å². The number of amides is 2. The predicted molar refractivity (Wildman–Crippen MR) is 96.7 cm³/mol. The van der Waals surface area contributed by atoms with E-state index in [-0.39, 0.29) is 18.2 Å². The standard InChI is InChI=1S/C18H16Cl2N2O2/c1-11-2-4-16(5-3-11)22-10-12(6-17(22)23)18(24)21-15-8-13(19)7-14(20)9-15/h2-5,7-9,12H,6,10H2,1H3,(H,21,24). The van der Waals surface area contributed by atoms with Crippen molar-refractivity contribution in [1.29, 1.82) is 0 Å². The highest BCUT2D eigenvalue weighted by atomic mass is 35.5. The Labute approximate surface area is 150 Å². The number of nitrogens with one attached hydrogen (secondary N) is 1. The van der Waals surface area contributed by atoms with Crippen LogP contribution in [0, 0.1) is 12.8 Å². The molecule has 2 aromatic rings. The molecule has 0 aliphatic carbocycles. The van der Waals surface area contributed by atoms with E-state index in [2.05, 4.69) is 5.32 Å². The Kier molecular flexibility index (Phi) is 4.78. The molecule has 4 nitrogen and oxygen atoms in total. The molecule has 0 radical (unpaired) electrons. The SMILES string of the molecule is Cc1ccc(N2CC(C(=O)Nc3cc(Cl)cc(Cl)c3)CC2=O)cc1. The molecule has 1 aliphatic heterocycles. The average Bonchev–Trinajstić information content (AvgIpc) is 2.89. The van der Waals surface area contributed by atoms with E-state index in [9.17, 15) is 9.59 Å². The van der Waals surface area contributed by atoms with Crippen LogP contribution in [0.5, 0.6) is 0 Å². The predicted octanol–water partition coefficient (Wildman–Crippen LogP) is 4.29. The van der Waals surface area contributed by atoms with Crippen molar-refractivity contribution in [2.24, 2.45) is 5.92 Å². The molecular formula is C18H16Cl2N2O2. The number of carbonyl (C=O) groups excluding carboxylic acids is 2. The fraction of sp³-hybridized carbons (Fsp3) is 0.222. The molecule has 0 bridgehead atoms. The van der Waals surface area contributed by atoms with Gasteiger partial charge in [0.15, 0.2) is 0 Å². The second kappa shape index (κ2) is 6.83. The summed E-state index contributed by atoms with van der Waals surface area (Å²) < 4.78 is 0. The van der Waals surface area contributed by atoms with Crippen LogP contribution in [0.4, 0.5) is 11.4 Å². The van der Waals surface area contributed by atoms with Gasteiger partial charge in [-0.15, -0.1) is 0 Å². The smallest absolute Gasteiger partial charge is 0.229 e. The molecule has 3 rings (SSSR count). The van der Waals surface area contributed by atoms with E-state index < -0.39 is 5.92 Å². The third-order valence-electron chi connectivity index (χ3n) is 3.97. The molecule has 24 heavy (non-hydrogen) atoms. The van der Waals surface area contributed by atoms with Crippen molar-refractivity contribution >= 4 is 46.4 Å². The number of benzene rings is 2. The summed E-state index contributed by atoms with van der Waals surface area (Å²) in [5, 5.41) is 3.67. The molecule has 0 aromatic heterocycles. The van der Waals surface area contributed by atoms with Crippen LogP contribution in [0.1, 0.15) is 12.0 Å². The second-order valence-corrected chi connectivity index (χ2v) is 6.76. The Bertz CT molecular complexity index is 770. The fourth-order valence-corrected chi connectivity index (χ4v) is 3.25. The Morgan fingerprint density at radius 3 is 2.38 bits per heavy atom. The van der Waals surface area contributed by atoms with Gasteiger partial charge >= 0.3 is 0 Å². The van der Waals surface area contributed by atoms with E-state index in [1.807, 2.05) is 31.2 Å². The van der Waals surface area contributed by atoms with E-state index in [0.717, 1.165) is 11.3 Å². The Balaban J connectivity index is 1.70. The minimum atomic E-state index is -0.406. The summed E-state index contributed by atoms with van der Waals surface area (Å²) in [4.78, 5) is 26.3. The maximum atomic E-state index is 12.4. The normalized spacial score (nSPS) is 17.2. The third-order valence-corrected chi connectivity index (χ3v) is 4.41. The summed E-state index contributed by atoms with van der Waals surface area (Å²) in [6.07, 6.45) is 0.188. The van der Waals surface area contributed by atoms with E-state index in [4.69, 9.17) is 23.2 Å². The van der Waals surface area contributed by atoms with Crippen molar-refractivity contribution < 1.29 is 9.59 Å². The molecule has 6 heteroatoms. The zero-order valence-corrected chi connectivity index (χ0v) is 14.6. The number of rotatable bonds is 3. The maximum absolute atomic E-state index is 12.4. The number of hydrogen-bond acceptors (Lipinski definition) is 2. The molecule has 0 spiro atoms. The third kappa shape index (κ3) is 3.71. The van der Waals surface area contributed by atoms with Gasteiger partial charge < -0.3 is 10.2 Å². The van der Waals surface area contributed by atoms with E-state index in [0.29, 0.717) is 22.3 Å². The molecule has 1 N–H and O–H groups in total. The summed E-state index contributed by atoms with van der Waals surface area (Å²) in [5.41, 5.74) is 2.46. The van der Waals surface area contributed by atoms with Gasteiger partial charge in [-0.05, 0) is 37.3 Å². The van der Waals surface area contributed by atoms with Gasteiger partial charge in [0.25, 0.3) is 0 Å². The zero-order valence-electron chi connectivity index (χ0n) is 13.1. The lowest BCUT2D eigenvalue weighted by Gasteiger charge is -2.17. The molecule has 1 saturated heterocycles. The van der Waals surface area contributed by atoms with E-state index in [1.54, 1.807) is 23.1 Å². The van der Waals surface area contributed by atoms with Crippen LogP contribution in [0.25, 0.3) is 0 Å². The van der Waals surface area contributed by atoms with Gasteiger partial charge in [0.1, 0.15) is 0 Å². The first-order chi connectivity index (χ1) is 11.4. The number of hydrogen-bond donors (Lipinski definition) is 1. The zero-order chi connectivity index (χ0) is 17.3. The van der Waals surface area contributed by atoms with Crippen molar-refractivity contribution in [1.82, 2.24) is 0 Å². The highest BCUT2D eigenvalue weighted by Gasteiger charge is 2.35. The highest BCUT2D eigenvalue weighted by molar-refractivity contribution is 6.35. The maximum Gasteiger partial charge on any atom is 0.229 e. The topological polar surface area (TPSA) is 49.4 Å². The lowest BCUT2D eigenvalue weighted by molar-refractivity contribution is -0.122. The lowest BCUT2D eigenvalue weighted by Crippen LogP contribution is -2.28. The number of anilines is 2. The van der Waals surface area contributed by atoms with Gasteiger partial charge in [0, 0.05) is 34.4 Å². The summed E-state index contributed by atoms with van der Waals surface area (Å²) in [6.45, 7) is 2.35. The molecular weight excluding hydrogens is 347 g/mol. The largest absolute Gasteiger partial charge is 0.326 e. The van der Waals surface area contributed by atoms with Gasteiger partial charge in [-0.1, -0.05) is 40.9 Å². The number of aryl methyl sites for hydroxylation is 1. The monoisotopic (exact) mass is 362 g/mol. The molecule has 1 aliphatic rings. The van der Waals surface area contributed by atoms with Gasteiger partial charge in [0.05, 0.1) is 5.92 Å². The lowest BCUT2D eigenvalue weighted by atomic mass is 10.1. The molecule has 1 atom stereocenters. The quantitative estimate of drug-likeness (QED) is 0.884. The average molecular weight is 363 g/mol. The first-order valence-corrected chi connectivity index (χ1v) is 8.32. The van der Waals surface area contributed by atoms with Crippen LogP contribution in [-0.4, -0.2) is 18.4 Å².